The van der Waals surface area contributed by atoms with Gasteiger partial charge in [0, 0.05) is 52.2 Å². The first-order valence-electron chi connectivity index (χ1n) is 10.2. The van der Waals surface area contributed by atoms with Crippen LogP contribution in [0.4, 0.5) is 0 Å². The van der Waals surface area contributed by atoms with Crippen LogP contribution in [-0.2, 0) is 6.42 Å². The summed E-state index contributed by atoms with van der Waals surface area (Å²) < 4.78 is 6.01. The fraction of sp³-hybridized carbons (Fsp3) is 0.667. The van der Waals surface area contributed by atoms with Gasteiger partial charge < -0.3 is 20.3 Å². The fourth-order valence-corrected chi connectivity index (χ4v) is 3.94. The molecule has 1 aromatic rings. The number of fused-ring (bicyclic) bond motifs is 1. The minimum atomic E-state index is 0.166. The predicted octanol–water partition coefficient (Wildman–Crippen LogP) is 1.43. The zero-order valence-electron chi connectivity index (χ0n) is 17.2. The Bertz CT molecular complexity index is 600. The highest BCUT2D eigenvalue weighted by Gasteiger charge is 2.26. The maximum Gasteiger partial charge on any atom is 0.191 e. The maximum absolute atomic E-state index is 6.01. The summed E-state index contributed by atoms with van der Waals surface area (Å²) >= 11 is 0. The van der Waals surface area contributed by atoms with Crippen LogP contribution in [0.1, 0.15) is 19.4 Å². The van der Waals surface area contributed by atoms with E-state index in [0.29, 0.717) is 12.0 Å². The lowest BCUT2D eigenvalue weighted by Gasteiger charge is -2.40. The number of para-hydroxylation sites is 1. The predicted molar refractivity (Wildman–Crippen MR) is 112 cm³/mol. The Balaban J connectivity index is 1.45. The van der Waals surface area contributed by atoms with E-state index in [0.717, 1.165) is 57.4 Å². The number of nitrogens with one attached hydrogen (secondary N) is 2. The number of likely N-dealkylation sites (N-methyl/N-ethyl adjacent to an activating group) is 1. The van der Waals surface area contributed by atoms with Crippen molar-refractivity contribution in [3.63, 3.8) is 0 Å². The van der Waals surface area contributed by atoms with Crippen molar-refractivity contribution in [3.8, 4) is 5.75 Å². The van der Waals surface area contributed by atoms with Crippen LogP contribution in [-0.4, -0.2) is 81.3 Å². The molecular weight excluding hydrogens is 338 g/mol. The van der Waals surface area contributed by atoms with Crippen molar-refractivity contribution in [3.05, 3.63) is 29.8 Å². The quantitative estimate of drug-likeness (QED) is 0.584. The van der Waals surface area contributed by atoms with Crippen molar-refractivity contribution >= 4 is 5.96 Å². The third kappa shape index (κ3) is 5.36. The molecule has 27 heavy (non-hydrogen) atoms. The van der Waals surface area contributed by atoms with Crippen molar-refractivity contribution in [2.45, 2.75) is 32.4 Å². The average molecular weight is 374 g/mol. The van der Waals surface area contributed by atoms with Gasteiger partial charge in [0.05, 0.1) is 6.54 Å². The second kappa shape index (κ2) is 9.42. The number of rotatable bonds is 6. The molecule has 1 aromatic carbocycles. The van der Waals surface area contributed by atoms with Gasteiger partial charge in [-0.2, -0.15) is 0 Å². The molecule has 0 saturated carbocycles. The third-order valence-corrected chi connectivity index (χ3v) is 5.69. The Morgan fingerprint density at radius 1 is 1.19 bits per heavy atom. The Morgan fingerprint density at radius 3 is 2.59 bits per heavy atom. The molecule has 150 valence electrons. The summed E-state index contributed by atoms with van der Waals surface area (Å²) in [5.41, 5.74) is 1.29. The highest BCUT2D eigenvalue weighted by Crippen LogP contribution is 2.27. The molecule has 2 heterocycles. The highest BCUT2D eigenvalue weighted by molar-refractivity contribution is 5.79. The smallest absolute Gasteiger partial charge is 0.191 e. The lowest BCUT2D eigenvalue weighted by Crippen LogP contribution is -2.55. The van der Waals surface area contributed by atoms with Crippen molar-refractivity contribution in [1.82, 2.24) is 20.4 Å². The van der Waals surface area contributed by atoms with Crippen molar-refractivity contribution < 1.29 is 4.74 Å². The van der Waals surface area contributed by atoms with Crippen LogP contribution in [0.2, 0.25) is 0 Å². The monoisotopic (exact) mass is 373 g/mol. The van der Waals surface area contributed by atoms with Crippen LogP contribution in [0.5, 0.6) is 5.75 Å². The van der Waals surface area contributed by atoms with Crippen LogP contribution in [0, 0.1) is 5.92 Å². The molecule has 2 aliphatic rings. The molecular formula is C21H35N5O. The van der Waals surface area contributed by atoms with E-state index < -0.39 is 0 Å². The first-order valence-corrected chi connectivity index (χ1v) is 10.2. The number of piperazine rings is 1. The van der Waals surface area contributed by atoms with Crippen LogP contribution in [0.25, 0.3) is 0 Å². The van der Waals surface area contributed by atoms with Crippen LogP contribution < -0.4 is 15.4 Å². The molecule has 2 atom stereocenters. The van der Waals surface area contributed by atoms with Crippen molar-refractivity contribution in [2.24, 2.45) is 10.9 Å². The average Bonchev–Trinajstić information content (AvgIpc) is 3.08. The van der Waals surface area contributed by atoms with E-state index in [1.165, 1.54) is 5.56 Å². The maximum atomic E-state index is 6.01. The Hall–Kier alpha value is -1.79. The molecule has 6 nitrogen and oxygen atoms in total. The molecule has 2 aliphatic heterocycles. The molecule has 0 spiro atoms. The van der Waals surface area contributed by atoms with Crippen LogP contribution in [0.3, 0.4) is 0 Å². The van der Waals surface area contributed by atoms with Gasteiger partial charge in [-0.1, -0.05) is 32.0 Å². The molecule has 1 fully saturated rings. The zero-order chi connectivity index (χ0) is 19.2. The number of benzene rings is 1. The molecule has 0 bridgehead atoms. The van der Waals surface area contributed by atoms with Gasteiger partial charge in [0.25, 0.3) is 0 Å². The number of guanidine groups is 1. The third-order valence-electron chi connectivity index (χ3n) is 5.69. The molecule has 0 amide bonds. The number of nitrogens with zero attached hydrogens (tertiary/aromatic N) is 3. The minimum Gasteiger partial charge on any atom is -0.488 e. The first-order chi connectivity index (χ1) is 13.1. The first kappa shape index (κ1) is 20.0. The molecule has 0 aliphatic carbocycles. The molecule has 0 radical (unpaired) electrons. The SMILES string of the molecule is CN=C(NCC1Cc2ccccc2O1)NCC(C(C)C)N1CCN(C)CC1. The van der Waals surface area contributed by atoms with E-state index in [4.69, 9.17) is 4.74 Å². The van der Waals surface area contributed by atoms with Crippen molar-refractivity contribution in [1.29, 1.82) is 0 Å². The van der Waals surface area contributed by atoms with Gasteiger partial charge in [-0.15, -0.1) is 0 Å². The summed E-state index contributed by atoms with van der Waals surface area (Å²) in [5.74, 6) is 2.48. The summed E-state index contributed by atoms with van der Waals surface area (Å²) in [6.07, 6.45) is 1.12. The summed E-state index contributed by atoms with van der Waals surface area (Å²) in [4.78, 5) is 9.42. The van der Waals surface area contributed by atoms with E-state index in [1.807, 2.05) is 19.2 Å². The van der Waals surface area contributed by atoms with Gasteiger partial charge >= 0.3 is 0 Å². The lowest BCUT2D eigenvalue weighted by atomic mass is 10.0. The number of aliphatic imine (C=N–C) groups is 1. The second-order valence-electron chi connectivity index (χ2n) is 8.04. The van der Waals surface area contributed by atoms with Crippen LogP contribution >= 0.6 is 0 Å². The number of hydrogen-bond donors (Lipinski definition) is 2. The molecule has 0 aromatic heterocycles. The van der Waals surface area contributed by atoms with Crippen molar-refractivity contribution in [2.75, 3.05) is 53.4 Å². The second-order valence-corrected chi connectivity index (χ2v) is 8.04. The molecule has 2 N–H and O–H groups in total. The Kier molecular flexibility index (Phi) is 6.96. The topological polar surface area (TPSA) is 52.1 Å². The van der Waals surface area contributed by atoms with E-state index in [-0.39, 0.29) is 6.10 Å². The van der Waals surface area contributed by atoms with E-state index in [9.17, 15) is 0 Å². The van der Waals surface area contributed by atoms with Gasteiger partial charge in [-0.25, -0.2) is 0 Å². The van der Waals surface area contributed by atoms with E-state index in [1.54, 1.807) is 0 Å². The summed E-state index contributed by atoms with van der Waals surface area (Å²) in [6, 6.07) is 8.81. The summed E-state index contributed by atoms with van der Waals surface area (Å²) in [5, 5.41) is 6.97. The molecule has 6 heteroatoms. The van der Waals surface area contributed by atoms with Gasteiger partial charge in [0.2, 0.25) is 0 Å². The van der Waals surface area contributed by atoms with Gasteiger partial charge in [0.15, 0.2) is 5.96 Å². The Labute approximate surface area is 164 Å². The largest absolute Gasteiger partial charge is 0.488 e. The molecule has 2 unspecified atom stereocenters. The summed E-state index contributed by atoms with van der Waals surface area (Å²) in [6.45, 7) is 10.9. The lowest BCUT2D eigenvalue weighted by molar-refractivity contribution is 0.0899. The number of ether oxygens (including phenoxy) is 1. The zero-order valence-corrected chi connectivity index (χ0v) is 17.2. The molecule has 1 saturated heterocycles. The standard InChI is InChI=1S/C21H35N5O/c1-16(2)19(26-11-9-25(4)10-12-26)15-24-21(22-3)23-14-18-13-17-7-5-6-8-20(17)27-18/h5-8,16,18-19H,9-15H2,1-4H3,(H2,22,23,24). The van der Waals surface area contributed by atoms with E-state index in [2.05, 4.69) is 58.5 Å². The molecule has 3 rings (SSSR count). The van der Waals surface area contributed by atoms with Gasteiger partial charge in [-0.05, 0) is 24.6 Å². The van der Waals surface area contributed by atoms with Gasteiger partial charge in [-0.3, -0.25) is 9.89 Å². The Morgan fingerprint density at radius 2 is 1.93 bits per heavy atom. The summed E-state index contributed by atoms with van der Waals surface area (Å²) in [7, 11) is 4.04. The number of hydrogen-bond acceptors (Lipinski definition) is 4. The van der Waals surface area contributed by atoms with E-state index >= 15 is 0 Å². The minimum absolute atomic E-state index is 0.166. The van der Waals surface area contributed by atoms with Gasteiger partial charge in [0.1, 0.15) is 11.9 Å². The normalized spacial score (nSPS) is 22.4. The fourth-order valence-electron chi connectivity index (χ4n) is 3.94. The van der Waals surface area contributed by atoms with Crippen LogP contribution in [0.15, 0.2) is 29.3 Å². The highest BCUT2D eigenvalue weighted by atomic mass is 16.5.